The van der Waals surface area contributed by atoms with E-state index < -0.39 is 44.1 Å². The fourth-order valence-corrected chi connectivity index (χ4v) is 8.19. The van der Waals surface area contributed by atoms with Crippen LogP contribution in [-0.2, 0) is 28.4 Å². The Kier molecular flexibility index (Phi) is 11.1. The van der Waals surface area contributed by atoms with Crippen LogP contribution >= 0.6 is 0 Å². The third-order valence-electron chi connectivity index (χ3n) is 10.5. The summed E-state index contributed by atoms with van der Waals surface area (Å²) in [5, 5.41) is 19.5. The van der Waals surface area contributed by atoms with Crippen LogP contribution < -0.4 is 14.5 Å². The number of piperazine rings is 1. The first-order valence-corrected chi connectivity index (χ1v) is 20.1. The topological polar surface area (TPSA) is 135 Å². The summed E-state index contributed by atoms with van der Waals surface area (Å²) in [7, 11) is -2.21. The summed E-state index contributed by atoms with van der Waals surface area (Å²) < 4.78 is 69.3. The summed E-state index contributed by atoms with van der Waals surface area (Å²) in [5.41, 5.74) is -0.660. The average molecular weight is 748 g/mol. The van der Waals surface area contributed by atoms with E-state index in [2.05, 4.69) is 51.5 Å². The van der Waals surface area contributed by atoms with Crippen LogP contribution in [0, 0.1) is 17.1 Å². The molecule has 3 atom stereocenters. The van der Waals surface area contributed by atoms with Gasteiger partial charge < -0.3 is 29.0 Å². The lowest BCUT2D eigenvalue weighted by Crippen LogP contribution is -2.55. The molecule has 0 aliphatic carbocycles. The number of fused-ring (bicyclic) bond motifs is 1. The maximum atomic E-state index is 14.6. The molecule has 0 spiro atoms. The number of rotatable bonds is 9. The van der Waals surface area contributed by atoms with Crippen LogP contribution in [0.1, 0.15) is 50.4 Å². The number of carbonyl (C=O) groups is 2. The maximum absolute atomic E-state index is 14.6. The third kappa shape index (κ3) is 8.12. The molecule has 3 aliphatic heterocycles. The van der Waals surface area contributed by atoms with Crippen molar-refractivity contribution in [2.75, 3.05) is 49.1 Å². The second kappa shape index (κ2) is 14.9. The molecule has 2 amide bonds. The first kappa shape index (κ1) is 38.8. The molecule has 1 aromatic carbocycles. The quantitative estimate of drug-likeness (QED) is 0.190. The second-order valence-corrected chi connectivity index (χ2v) is 19.6. The van der Waals surface area contributed by atoms with Gasteiger partial charge in [0, 0.05) is 38.3 Å². The highest BCUT2D eigenvalue weighted by molar-refractivity contribution is 6.74. The van der Waals surface area contributed by atoms with Gasteiger partial charge in [-0.2, -0.15) is 28.4 Å². The molecular weight excluding hydrogens is 703 g/mol. The van der Waals surface area contributed by atoms with Gasteiger partial charge in [-0.15, -0.1) is 0 Å². The van der Waals surface area contributed by atoms with Gasteiger partial charge in [-0.05, 0) is 49.2 Å². The summed E-state index contributed by atoms with van der Waals surface area (Å²) in [6.45, 7) is 15.0. The fraction of sp³-hybridized carbons (Fsp3) is 0.571. The van der Waals surface area contributed by atoms with Crippen LogP contribution in [-0.4, -0.2) is 103 Å². The molecule has 2 aromatic rings. The van der Waals surface area contributed by atoms with Crippen molar-refractivity contribution in [3.05, 3.63) is 53.5 Å². The minimum Gasteiger partial charge on any atom is -0.465 e. The van der Waals surface area contributed by atoms with Crippen molar-refractivity contribution in [1.29, 1.82) is 5.26 Å². The molecule has 0 bridgehead atoms. The fourth-order valence-electron chi connectivity index (χ4n) is 6.83. The monoisotopic (exact) mass is 747 g/mol. The molecule has 52 heavy (non-hydrogen) atoms. The summed E-state index contributed by atoms with van der Waals surface area (Å²) >= 11 is 0. The Labute approximate surface area is 301 Å². The summed E-state index contributed by atoms with van der Waals surface area (Å²) in [5.74, 6) is -1.24. The summed E-state index contributed by atoms with van der Waals surface area (Å²) in [6, 6.07) is 4.18. The molecule has 1 N–H and O–H groups in total. The number of anilines is 2. The molecule has 1 unspecified atom stereocenters. The smallest absolute Gasteiger partial charge is 0.421 e. The van der Waals surface area contributed by atoms with E-state index in [9.17, 15) is 37.5 Å². The van der Waals surface area contributed by atoms with E-state index in [0.29, 0.717) is 30.0 Å². The number of alkyl halides is 3. The van der Waals surface area contributed by atoms with Crippen LogP contribution in [0.4, 0.5) is 33.9 Å². The number of nitrogens with zero attached hydrogens (tertiary/aromatic N) is 7. The van der Waals surface area contributed by atoms with E-state index in [0.717, 1.165) is 6.07 Å². The Balaban J connectivity index is 1.47. The van der Waals surface area contributed by atoms with Crippen molar-refractivity contribution in [2.45, 2.75) is 89.1 Å². The number of carbonyl (C=O) groups excluding carboxylic acids is 1. The molecular formula is C35H45F4N7O5Si. The van der Waals surface area contributed by atoms with E-state index in [1.165, 1.54) is 28.0 Å². The Morgan fingerprint density at radius 3 is 2.46 bits per heavy atom. The highest BCUT2D eigenvalue weighted by Crippen LogP contribution is 2.41. The van der Waals surface area contributed by atoms with Crippen molar-refractivity contribution < 1.29 is 41.4 Å². The number of hydrogen-bond donors (Lipinski definition) is 1. The van der Waals surface area contributed by atoms with Gasteiger partial charge in [-0.25, -0.2) is 9.18 Å². The Bertz CT molecular complexity index is 1730. The standard InChI is InChI=1S/C35H45F4N7O5Si/c1-7-29(47)45-16-15-44(18-22(45)11-13-40)31-25-12-14-43(28-10-8-9-26(36)30(28)35(37,38)39)20-27(25)41-32(42-31)50-21-23-17-24(19-46(23)33(48)49)51-52(5,6)34(2,3)4/h7-10,22-24H,1,11-12,14-21H2,2-6H3,(H,48,49)/t22?,23-,24+/m1/s1. The van der Waals surface area contributed by atoms with E-state index in [4.69, 9.17) is 14.1 Å². The Hall–Kier alpha value is -4.43. The Morgan fingerprint density at radius 1 is 1.10 bits per heavy atom. The van der Waals surface area contributed by atoms with Crippen LogP contribution in [0.5, 0.6) is 6.01 Å². The first-order chi connectivity index (χ1) is 24.3. The van der Waals surface area contributed by atoms with Gasteiger partial charge in [0.1, 0.15) is 23.8 Å². The number of amides is 2. The predicted octanol–water partition coefficient (Wildman–Crippen LogP) is 5.84. The van der Waals surface area contributed by atoms with E-state index in [-0.39, 0.29) is 80.9 Å². The average Bonchev–Trinajstić information content (AvgIpc) is 3.47. The van der Waals surface area contributed by atoms with Crippen LogP contribution in [0.15, 0.2) is 30.9 Å². The van der Waals surface area contributed by atoms with Gasteiger partial charge in [-0.3, -0.25) is 9.69 Å². The number of benzene rings is 1. The van der Waals surface area contributed by atoms with Crippen molar-refractivity contribution in [1.82, 2.24) is 19.8 Å². The molecule has 2 saturated heterocycles. The molecule has 3 aliphatic rings. The van der Waals surface area contributed by atoms with Crippen LogP contribution in [0.25, 0.3) is 0 Å². The number of ether oxygens (including phenoxy) is 1. The van der Waals surface area contributed by atoms with Gasteiger partial charge in [0.05, 0.1) is 48.6 Å². The minimum absolute atomic E-state index is 0.0467. The predicted molar refractivity (Wildman–Crippen MR) is 187 cm³/mol. The number of likely N-dealkylation sites (tertiary alicyclic amines) is 1. The van der Waals surface area contributed by atoms with Crippen molar-refractivity contribution in [2.24, 2.45) is 0 Å². The molecule has 4 heterocycles. The van der Waals surface area contributed by atoms with Crippen LogP contribution in [0.3, 0.4) is 0 Å². The largest absolute Gasteiger partial charge is 0.465 e. The van der Waals surface area contributed by atoms with E-state index >= 15 is 0 Å². The maximum Gasteiger partial charge on any atom is 0.421 e. The molecule has 282 valence electrons. The molecule has 5 rings (SSSR count). The number of hydrogen-bond acceptors (Lipinski definition) is 9. The van der Waals surface area contributed by atoms with Gasteiger partial charge in [0.25, 0.3) is 0 Å². The van der Waals surface area contributed by atoms with Crippen LogP contribution in [0.2, 0.25) is 18.1 Å². The molecule has 0 radical (unpaired) electrons. The molecule has 17 heteroatoms. The zero-order chi connectivity index (χ0) is 38.2. The third-order valence-corrected chi connectivity index (χ3v) is 15.0. The normalized spacial score (nSPS) is 21.1. The lowest BCUT2D eigenvalue weighted by Gasteiger charge is -2.42. The molecule has 2 fully saturated rings. The van der Waals surface area contributed by atoms with Crippen molar-refractivity contribution in [3.8, 4) is 12.1 Å². The lowest BCUT2D eigenvalue weighted by atomic mass is 10.0. The summed E-state index contributed by atoms with van der Waals surface area (Å²) in [4.78, 5) is 40.4. The number of aromatic nitrogens is 2. The van der Waals surface area contributed by atoms with Crippen molar-refractivity contribution in [3.63, 3.8) is 0 Å². The number of nitriles is 1. The number of carboxylic acid groups (broad SMARTS) is 1. The SMILES string of the molecule is C=CC(=O)N1CCN(c2nc(OC[C@H]3C[C@H](O[Si](C)(C)C(C)(C)C)CN3C(=O)O)nc3c2CCN(c2cccc(F)c2C(F)(F)F)C3)CC1CC#N. The lowest BCUT2D eigenvalue weighted by molar-refractivity contribution is -0.139. The Morgan fingerprint density at radius 2 is 1.83 bits per heavy atom. The van der Waals surface area contributed by atoms with E-state index in [1.54, 1.807) is 4.90 Å². The van der Waals surface area contributed by atoms with E-state index in [1.807, 2.05) is 4.90 Å². The van der Waals surface area contributed by atoms with Gasteiger partial charge in [0.2, 0.25) is 5.91 Å². The molecule has 1 aromatic heterocycles. The second-order valence-electron chi connectivity index (χ2n) is 14.9. The zero-order valence-corrected chi connectivity index (χ0v) is 31.0. The molecule has 0 saturated carbocycles. The first-order valence-electron chi connectivity index (χ1n) is 17.2. The molecule has 12 nitrogen and oxygen atoms in total. The minimum atomic E-state index is -4.94. The van der Waals surface area contributed by atoms with Crippen molar-refractivity contribution >= 4 is 31.8 Å². The zero-order valence-electron chi connectivity index (χ0n) is 30.0. The van der Waals surface area contributed by atoms with Gasteiger partial charge in [-0.1, -0.05) is 33.4 Å². The van der Waals surface area contributed by atoms with Gasteiger partial charge >= 0.3 is 18.3 Å². The highest BCUT2D eigenvalue weighted by Gasteiger charge is 2.44. The number of halogens is 4. The highest BCUT2D eigenvalue weighted by atomic mass is 28.4. The van der Waals surface area contributed by atoms with Gasteiger partial charge in [0.15, 0.2) is 8.32 Å². The summed E-state index contributed by atoms with van der Waals surface area (Å²) in [6.07, 6.45) is -4.54.